The summed E-state index contributed by atoms with van der Waals surface area (Å²) in [6.45, 7) is 5.72. The molecule has 1 aromatic carbocycles. The highest BCUT2D eigenvalue weighted by atomic mass is 19.4. The van der Waals surface area contributed by atoms with E-state index in [1.807, 2.05) is 4.90 Å². The summed E-state index contributed by atoms with van der Waals surface area (Å²) in [6.07, 6.45) is -0.981. The Hall–Kier alpha value is -2.31. The second kappa shape index (κ2) is 7.99. The Labute approximate surface area is 139 Å². The minimum atomic E-state index is -4.42. The molecule has 0 fully saturated rings. The van der Waals surface area contributed by atoms with Crippen LogP contribution in [0.2, 0.25) is 0 Å². The van der Waals surface area contributed by atoms with Gasteiger partial charge in [0.15, 0.2) is 0 Å². The Kier molecular flexibility index (Phi) is 6.00. The molecule has 0 unspecified atom stereocenters. The van der Waals surface area contributed by atoms with Crippen LogP contribution in [0, 0.1) is 0 Å². The molecular formula is C17H21F3N4. The van der Waals surface area contributed by atoms with E-state index in [9.17, 15) is 13.2 Å². The van der Waals surface area contributed by atoms with Crippen LogP contribution < -0.4 is 10.2 Å². The number of benzene rings is 1. The Morgan fingerprint density at radius 3 is 2.33 bits per heavy atom. The minimum Gasteiger partial charge on any atom is -0.341 e. The molecule has 0 aliphatic heterocycles. The monoisotopic (exact) mass is 338 g/mol. The second-order valence-corrected chi connectivity index (χ2v) is 5.40. The first-order valence-electron chi connectivity index (χ1n) is 7.97. The largest absolute Gasteiger partial charge is 0.418 e. The topological polar surface area (TPSA) is 41.1 Å². The zero-order valence-electron chi connectivity index (χ0n) is 13.8. The van der Waals surface area contributed by atoms with Gasteiger partial charge >= 0.3 is 6.18 Å². The van der Waals surface area contributed by atoms with Crippen LogP contribution in [0.3, 0.4) is 0 Å². The molecule has 7 heteroatoms. The Balaban J connectivity index is 2.27. The van der Waals surface area contributed by atoms with Crippen molar-refractivity contribution in [2.24, 2.45) is 0 Å². The third kappa shape index (κ3) is 4.59. The maximum atomic E-state index is 13.1. The van der Waals surface area contributed by atoms with Gasteiger partial charge in [0.1, 0.15) is 5.82 Å². The van der Waals surface area contributed by atoms with E-state index in [-0.39, 0.29) is 5.69 Å². The lowest BCUT2D eigenvalue weighted by atomic mass is 10.1. The van der Waals surface area contributed by atoms with Crippen LogP contribution in [0.1, 0.15) is 32.3 Å². The third-order valence-electron chi connectivity index (χ3n) is 3.41. The average Bonchev–Trinajstić information content (AvgIpc) is 2.54. The number of hydrogen-bond acceptors (Lipinski definition) is 4. The Morgan fingerprint density at radius 1 is 1.04 bits per heavy atom. The molecule has 0 atom stereocenters. The molecule has 130 valence electrons. The van der Waals surface area contributed by atoms with Gasteiger partial charge in [-0.1, -0.05) is 26.0 Å². The molecule has 4 nitrogen and oxygen atoms in total. The first-order chi connectivity index (χ1) is 11.5. The number of nitrogens with zero attached hydrogens (tertiary/aromatic N) is 3. The maximum Gasteiger partial charge on any atom is 0.418 e. The van der Waals surface area contributed by atoms with E-state index in [0.29, 0.717) is 11.8 Å². The van der Waals surface area contributed by atoms with Gasteiger partial charge in [-0.25, -0.2) is 4.98 Å². The van der Waals surface area contributed by atoms with E-state index in [1.165, 1.54) is 12.1 Å². The van der Waals surface area contributed by atoms with Crippen molar-refractivity contribution in [1.82, 2.24) is 9.97 Å². The van der Waals surface area contributed by atoms with Crippen molar-refractivity contribution in [3.63, 3.8) is 0 Å². The fourth-order valence-corrected chi connectivity index (χ4v) is 2.40. The molecule has 0 saturated heterocycles. The summed E-state index contributed by atoms with van der Waals surface area (Å²) in [5.74, 6) is 0.863. The molecule has 0 bridgehead atoms. The van der Waals surface area contributed by atoms with E-state index in [1.54, 1.807) is 18.3 Å². The molecule has 0 aliphatic rings. The van der Waals surface area contributed by atoms with Crippen molar-refractivity contribution in [1.29, 1.82) is 0 Å². The first kappa shape index (κ1) is 18.0. The van der Waals surface area contributed by atoms with Crippen LogP contribution in [-0.2, 0) is 6.18 Å². The standard InChI is InChI=1S/C17H21F3N4/c1-3-11-24(12-4-2)16-21-10-9-15(23-16)22-14-8-6-5-7-13(14)17(18,19)20/h5-10H,3-4,11-12H2,1-2H3,(H,21,22,23). The predicted octanol–water partition coefficient (Wildman–Crippen LogP) is 4.87. The quantitative estimate of drug-likeness (QED) is 0.782. The summed E-state index contributed by atoms with van der Waals surface area (Å²) >= 11 is 0. The first-order valence-corrected chi connectivity index (χ1v) is 7.97. The number of rotatable bonds is 7. The van der Waals surface area contributed by atoms with Crippen molar-refractivity contribution < 1.29 is 13.2 Å². The number of para-hydroxylation sites is 1. The van der Waals surface area contributed by atoms with Gasteiger partial charge in [0, 0.05) is 19.3 Å². The summed E-state index contributed by atoms with van der Waals surface area (Å²) in [4.78, 5) is 10.6. The predicted molar refractivity (Wildman–Crippen MR) is 89.6 cm³/mol. The van der Waals surface area contributed by atoms with Gasteiger partial charge in [-0.3, -0.25) is 0 Å². The highest BCUT2D eigenvalue weighted by Crippen LogP contribution is 2.35. The van der Waals surface area contributed by atoms with Gasteiger partial charge < -0.3 is 10.2 Å². The molecule has 0 radical (unpaired) electrons. The van der Waals surface area contributed by atoms with E-state index >= 15 is 0 Å². The molecule has 1 aromatic heterocycles. The smallest absolute Gasteiger partial charge is 0.341 e. The zero-order valence-corrected chi connectivity index (χ0v) is 13.8. The number of alkyl halides is 3. The minimum absolute atomic E-state index is 0.0211. The lowest BCUT2D eigenvalue weighted by Crippen LogP contribution is -2.27. The van der Waals surface area contributed by atoms with E-state index in [4.69, 9.17) is 0 Å². The molecule has 0 spiro atoms. The Bertz CT molecular complexity index is 652. The third-order valence-corrected chi connectivity index (χ3v) is 3.41. The number of aromatic nitrogens is 2. The summed E-state index contributed by atoms with van der Waals surface area (Å²) < 4.78 is 39.2. The van der Waals surface area contributed by atoms with Crippen LogP contribution in [0.15, 0.2) is 36.5 Å². The summed E-state index contributed by atoms with van der Waals surface area (Å²) in [5.41, 5.74) is -0.740. The molecule has 24 heavy (non-hydrogen) atoms. The van der Waals surface area contributed by atoms with Gasteiger partial charge in [0.2, 0.25) is 5.95 Å². The van der Waals surface area contributed by atoms with Gasteiger partial charge in [-0.15, -0.1) is 0 Å². The number of anilines is 3. The summed E-state index contributed by atoms with van der Waals surface area (Å²) in [5, 5.41) is 2.76. The average molecular weight is 338 g/mol. The van der Waals surface area contributed by atoms with Crippen molar-refractivity contribution in [2.45, 2.75) is 32.9 Å². The van der Waals surface area contributed by atoms with Gasteiger partial charge in [0.05, 0.1) is 11.3 Å². The highest BCUT2D eigenvalue weighted by Gasteiger charge is 2.33. The molecule has 2 rings (SSSR count). The normalized spacial score (nSPS) is 11.4. The van der Waals surface area contributed by atoms with Crippen LogP contribution in [0.5, 0.6) is 0 Å². The number of nitrogens with one attached hydrogen (secondary N) is 1. The van der Waals surface area contributed by atoms with Crippen molar-refractivity contribution in [3.8, 4) is 0 Å². The zero-order chi connectivity index (χ0) is 17.6. The summed E-state index contributed by atoms with van der Waals surface area (Å²) in [7, 11) is 0. The van der Waals surface area contributed by atoms with Gasteiger partial charge in [-0.2, -0.15) is 18.2 Å². The van der Waals surface area contributed by atoms with Crippen LogP contribution in [0.25, 0.3) is 0 Å². The second-order valence-electron chi connectivity index (χ2n) is 5.40. The van der Waals surface area contributed by atoms with Gasteiger partial charge in [-0.05, 0) is 31.0 Å². The maximum absolute atomic E-state index is 13.1. The lowest BCUT2D eigenvalue weighted by molar-refractivity contribution is -0.136. The Morgan fingerprint density at radius 2 is 1.71 bits per heavy atom. The van der Waals surface area contributed by atoms with E-state index in [0.717, 1.165) is 32.0 Å². The van der Waals surface area contributed by atoms with Crippen LogP contribution in [-0.4, -0.2) is 23.1 Å². The molecule has 1 N–H and O–H groups in total. The van der Waals surface area contributed by atoms with Gasteiger partial charge in [0.25, 0.3) is 0 Å². The highest BCUT2D eigenvalue weighted by molar-refractivity contribution is 5.62. The molecule has 1 heterocycles. The van der Waals surface area contributed by atoms with Crippen molar-refractivity contribution in [3.05, 3.63) is 42.1 Å². The van der Waals surface area contributed by atoms with Crippen molar-refractivity contribution in [2.75, 3.05) is 23.3 Å². The van der Waals surface area contributed by atoms with E-state index < -0.39 is 11.7 Å². The number of halogens is 3. The van der Waals surface area contributed by atoms with Crippen LogP contribution in [0.4, 0.5) is 30.6 Å². The fraction of sp³-hybridized carbons (Fsp3) is 0.412. The van der Waals surface area contributed by atoms with Crippen molar-refractivity contribution >= 4 is 17.5 Å². The SMILES string of the molecule is CCCN(CCC)c1nccc(Nc2ccccc2C(F)(F)F)n1. The molecular weight excluding hydrogens is 317 g/mol. The number of hydrogen-bond donors (Lipinski definition) is 1. The van der Waals surface area contributed by atoms with E-state index in [2.05, 4.69) is 29.1 Å². The molecule has 0 amide bonds. The fourth-order valence-electron chi connectivity index (χ4n) is 2.40. The van der Waals surface area contributed by atoms with Crippen LogP contribution >= 0.6 is 0 Å². The lowest BCUT2D eigenvalue weighted by Gasteiger charge is -2.22. The summed E-state index contributed by atoms with van der Waals surface area (Å²) in [6, 6.07) is 6.92. The molecule has 0 aliphatic carbocycles. The molecule has 2 aromatic rings. The molecule has 0 saturated carbocycles.